The number of nitrogens with one attached hydrogen (secondary N) is 1. The smallest absolute Gasteiger partial charge is 0.233 e. The van der Waals surface area contributed by atoms with Crippen molar-refractivity contribution in [3.8, 4) is 0 Å². The number of Topliss-reactive ketones (excluding diaryl/α,β-unsaturated/α-hetero) is 1. The van der Waals surface area contributed by atoms with Gasteiger partial charge in [-0.25, -0.2) is 0 Å². The molecule has 0 aromatic rings. The first-order valence-corrected chi connectivity index (χ1v) is 6.13. The van der Waals surface area contributed by atoms with Crippen LogP contribution in [0.1, 0.15) is 39.0 Å². The maximum atomic E-state index is 11.4. The monoisotopic (exact) mass is 226 g/mol. The summed E-state index contributed by atoms with van der Waals surface area (Å²) >= 11 is 0. The van der Waals surface area contributed by atoms with Gasteiger partial charge in [-0.2, -0.15) is 0 Å². The van der Waals surface area contributed by atoms with Crippen LogP contribution < -0.4 is 5.32 Å². The zero-order chi connectivity index (χ0) is 12.0. The fraction of sp³-hybridized carbons (Fsp3) is 0.833. The Kier molecular flexibility index (Phi) is 5.46. The number of likely N-dealkylation sites (N-methyl/N-ethyl adjacent to an activating group) is 1. The molecule has 1 atom stereocenters. The molecular weight excluding hydrogens is 204 g/mol. The van der Waals surface area contributed by atoms with Gasteiger partial charge in [-0.05, 0) is 25.8 Å². The van der Waals surface area contributed by atoms with Gasteiger partial charge in [0.25, 0.3) is 0 Å². The van der Waals surface area contributed by atoms with Gasteiger partial charge < -0.3 is 5.32 Å². The standard InChI is InChI=1S/C12H22N2O2/c1-3-7-14(9-12(16)13-2)10-5-4-6-11(15)8-10/h10H,3-9H2,1-2H3,(H,13,16). The van der Waals surface area contributed by atoms with Crippen LogP contribution in [-0.4, -0.2) is 42.8 Å². The van der Waals surface area contributed by atoms with Crippen LogP contribution in [0.15, 0.2) is 0 Å². The highest BCUT2D eigenvalue weighted by molar-refractivity contribution is 5.80. The van der Waals surface area contributed by atoms with E-state index in [1.165, 1.54) is 0 Å². The largest absolute Gasteiger partial charge is 0.358 e. The molecule has 0 bridgehead atoms. The molecular formula is C12H22N2O2. The Hall–Kier alpha value is -0.900. The molecule has 1 unspecified atom stereocenters. The first-order valence-electron chi connectivity index (χ1n) is 6.13. The summed E-state index contributed by atoms with van der Waals surface area (Å²) in [5.74, 6) is 0.376. The van der Waals surface area contributed by atoms with Gasteiger partial charge in [0.1, 0.15) is 5.78 Å². The Morgan fingerprint density at radius 3 is 2.88 bits per heavy atom. The summed E-state index contributed by atoms with van der Waals surface area (Å²) in [6.45, 7) is 3.41. The van der Waals surface area contributed by atoms with Crippen molar-refractivity contribution in [2.45, 2.75) is 45.1 Å². The van der Waals surface area contributed by atoms with Crippen molar-refractivity contribution in [3.63, 3.8) is 0 Å². The maximum absolute atomic E-state index is 11.4. The molecule has 1 N–H and O–H groups in total. The topological polar surface area (TPSA) is 49.4 Å². The molecule has 4 nitrogen and oxygen atoms in total. The highest BCUT2D eigenvalue weighted by atomic mass is 16.2. The lowest BCUT2D eigenvalue weighted by atomic mass is 9.93. The van der Waals surface area contributed by atoms with Crippen molar-refractivity contribution >= 4 is 11.7 Å². The fourth-order valence-corrected chi connectivity index (χ4v) is 2.25. The number of ketones is 1. The Balaban J connectivity index is 2.53. The van der Waals surface area contributed by atoms with Crippen LogP contribution >= 0.6 is 0 Å². The predicted molar refractivity (Wildman–Crippen MR) is 63.2 cm³/mol. The minimum atomic E-state index is 0.0338. The molecule has 16 heavy (non-hydrogen) atoms. The Morgan fingerprint density at radius 1 is 1.56 bits per heavy atom. The second-order valence-electron chi connectivity index (χ2n) is 4.43. The van der Waals surface area contributed by atoms with Gasteiger partial charge in [0.2, 0.25) is 5.91 Å². The lowest BCUT2D eigenvalue weighted by Gasteiger charge is -2.32. The summed E-state index contributed by atoms with van der Waals surface area (Å²) in [6, 6.07) is 0.276. The maximum Gasteiger partial charge on any atom is 0.233 e. The number of hydrogen-bond donors (Lipinski definition) is 1. The molecule has 0 aromatic carbocycles. The van der Waals surface area contributed by atoms with Crippen LogP contribution in [0.25, 0.3) is 0 Å². The van der Waals surface area contributed by atoms with Crippen molar-refractivity contribution in [2.75, 3.05) is 20.1 Å². The van der Waals surface area contributed by atoms with Crippen LogP contribution in [0.4, 0.5) is 0 Å². The van der Waals surface area contributed by atoms with E-state index in [2.05, 4.69) is 17.1 Å². The molecule has 1 saturated carbocycles. The van der Waals surface area contributed by atoms with Gasteiger partial charge >= 0.3 is 0 Å². The molecule has 1 aliphatic rings. The summed E-state index contributed by atoms with van der Waals surface area (Å²) in [4.78, 5) is 24.9. The molecule has 1 aliphatic carbocycles. The molecule has 0 radical (unpaired) electrons. The summed E-state index contributed by atoms with van der Waals surface area (Å²) in [5, 5.41) is 2.64. The van der Waals surface area contributed by atoms with Gasteiger partial charge in [0, 0.05) is 25.9 Å². The second-order valence-corrected chi connectivity index (χ2v) is 4.43. The highest BCUT2D eigenvalue weighted by Crippen LogP contribution is 2.20. The number of amides is 1. The van der Waals surface area contributed by atoms with E-state index in [0.29, 0.717) is 18.7 Å². The fourth-order valence-electron chi connectivity index (χ4n) is 2.25. The zero-order valence-corrected chi connectivity index (χ0v) is 10.3. The van der Waals surface area contributed by atoms with Gasteiger partial charge in [-0.15, -0.1) is 0 Å². The third-order valence-corrected chi connectivity index (χ3v) is 3.11. The first-order chi connectivity index (χ1) is 7.67. The van der Waals surface area contributed by atoms with Crippen LogP contribution in [-0.2, 0) is 9.59 Å². The van der Waals surface area contributed by atoms with Gasteiger partial charge in [0.05, 0.1) is 6.54 Å². The Bertz CT molecular complexity index is 253. The van der Waals surface area contributed by atoms with Crippen molar-refractivity contribution in [3.05, 3.63) is 0 Å². The average molecular weight is 226 g/mol. The summed E-state index contributed by atoms with van der Waals surface area (Å²) < 4.78 is 0. The van der Waals surface area contributed by atoms with E-state index in [4.69, 9.17) is 0 Å². The second kappa shape index (κ2) is 6.63. The molecule has 1 rings (SSSR count). The van der Waals surface area contributed by atoms with Crippen molar-refractivity contribution in [1.29, 1.82) is 0 Å². The highest BCUT2D eigenvalue weighted by Gasteiger charge is 2.25. The lowest BCUT2D eigenvalue weighted by Crippen LogP contribution is -2.44. The quantitative estimate of drug-likeness (QED) is 0.759. The molecule has 92 valence electrons. The summed E-state index contributed by atoms with van der Waals surface area (Å²) in [6.07, 6.45) is 4.37. The predicted octanol–water partition coefficient (Wildman–Crippen LogP) is 0.956. The van der Waals surface area contributed by atoms with Crippen molar-refractivity contribution < 1.29 is 9.59 Å². The third-order valence-electron chi connectivity index (χ3n) is 3.11. The summed E-state index contributed by atoms with van der Waals surface area (Å²) in [5.41, 5.74) is 0. The average Bonchev–Trinajstić information content (AvgIpc) is 2.28. The van der Waals surface area contributed by atoms with E-state index in [-0.39, 0.29) is 11.9 Å². The van der Waals surface area contributed by atoms with Gasteiger partial charge in [-0.3, -0.25) is 14.5 Å². The minimum absolute atomic E-state index is 0.0338. The third kappa shape index (κ3) is 3.93. The van der Waals surface area contributed by atoms with Gasteiger partial charge in [0.15, 0.2) is 0 Å². The molecule has 0 heterocycles. The first kappa shape index (κ1) is 13.2. The van der Waals surface area contributed by atoms with E-state index >= 15 is 0 Å². The zero-order valence-electron chi connectivity index (χ0n) is 10.3. The Labute approximate surface area is 97.4 Å². The molecule has 0 aliphatic heterocycles. The van der Waals surface area contributed by atoms with Gasteiger partial charge in [-0.1, -0.05) is 6.92 Å². The van der Waals surface area contributed by atoms with Crippen molar-refractivity contribution in [1.82, 2.24) is 10.2 Å². The van der Waals surface area contributed by atoms with E-state index in [1.54, 1.807) is 7.05 Å². The number of hydrogen-bond acceptors (Lipinski definition) is 3. The molecule has 0 spiro atoms. The Morgan fingerprint density at radius 2 is 2.31 bits per heavy atom. The number of rotatable bonds is 5. The number of carbonyl (C=O) groups excluding carboxylic acids is 2. The van der Waals surface area contributed by atoms with Crippen LogP contribution in [0.2, 0.25) is 0 Å². The van der Waals surface area contributed by atoms with Crippen LogP contribution in [0.5, 0.6) is 0 Å². The summed E-state index contributed by atoms with van der Waals surface area (Å²) in [7, 11) is 1.65. The SMILES string of the molecule is CCCN(CC(=O)NC)C1CCCC(=O)C1. The van der Waals surface area contributed by atoms with E-state index < -0.39 is 0 Å². The van der Waals surface area contributed by atoms with Crippen LogP contribution in [0, 0.1) is 0 Å². The molecule has 0 saturated heterocycles. The molecule has 1 fully saturated rings. The number of carbonyl (C=O) groups is 2. The molecule has 4 heteroatoms. The number of nitrogens with zero attached hydrogens (tertiary/aromatic N) is 1. The lowest BCUT2D eigenvalue weighted by molar-refractivity contribution is -0.126. The van der Waals surface area contributed by atoms with E-state index in [9.17, 15) is 9.59 Å². The molecule has 0 aromatic heterocycles. The molecule has 1 amide bonds. The van der Waals surface area contributed by atoms with Crippen LogP contribution in [0.3, 0.4) is 0 Å². The minimum Gasteiger partial charge on any atom is -0.358 e. The van der Waals surface area contributed by atoms with Crippen molar-refractivity contribution in [2.24, 2.45) is 0 Å². The van der Waals surface area contributed by atoms with E-state index in [1.807, 2.05) is 0 Å². The van der Waals surface area contributed by atoms with E-state index in [0.717, 1.165) is 32.2 Å². The normalized spacial score (nSPS) is 21.2.